The summed E-state index contributed by atoms with van der Waals surface area (Å²) >= 11 is 6.54. The summed E-state index contributed by atoms with van der Waals surface area (Å²) in [4.78, 5) is 16.2. The number of nitrogens with one attached hydrogen (secondary N) is 1. The first-order chi connectivity index (χ1) is 16.3. The molecule has 1 unspecified atom stereocenters. The molecule has 34 heavy (non-hydrogen) atoms. The molecule has 2 aromatic carbocycles. The summed E-state index contributed by atoms with van der Waals surface area (Å²) in [6, 6.07) is 15.7. The summed E-state index contributed by atoms with van der Waals surface area (Å²) in [6.07, 6.45) is 1.64. The van der Waals surface area contributed by atoms with Crippen LogP contribution in [-0.2, 0) is 27.8 Å². The van der Waals surface area contributed by atoms with Crippen molar-refractivity contribution in [1.82, 2.24) is 14.8 Å². The molecule has 0 aliphatic rings. The molecular formula is C26H28ClN3O3S. The van der Waals surface area contributed by atoms with Gasteiger partial charge in [-0.1, -0.05) is 67.9 Å². The molecule has 2 heterocycles. The van der Waals surface area contributed by atoms with E-state index in [2.05, 4.69) is 31.0 Å². The molecule has 1 atom stereocenters. The minimum absolute atomic E-state index is 0.167. The quantitative estimate of drug-likeness (QED) is 0.307. The average Bonchev–Trinajstić information content (AvgIpc) is 3.31. The van der Waals surface area contributed by atoms with Crippen LogP contribution in [0.15, 0.2) is 48.5 Å². The Labute approximate surface area is 206 Å². The van der Waals surface area contributed by atoms with Crippen molar-refractivity contribution in [3.8, 4) is 11.1 Å². The van der Waals surface area contributed by atoms with Crippen LogP contribution in [0.3, 0.4) is 0 Å². The molecule has 0 aliphatic carbocycles. The van der Waals surface area contributed by atoms with Crippen LogP contribution in [-0.4, -0.2) is 37.8 Å². The molecule has 0 spiro atoms. The summed E-state index contributed by atoms with van der Waals surface area (Å²) in [7, 11) is -1.01. The maximum absolute atomic E-state index is 12.9. The molecule has 0 saturated heterocycles. The lowest BCUT2D eigenvalue weighted by Gasteiger charge is -2.11. The van der Waals surface area contributed by atoms with Crippen LogP contribution in [0.4, 0.5) is 0 Å². The second-order valence-corrected chi connectivity index (χ2v) is 10.4. The van der Waals surface area contributed by atoms with E-state index in [1.54, 1.807) is 19.2 Å². The van der Waals surface area contributed by atoms with Gasteiger partial charge in [0.05, 0.1) is 24.4 Å². The SMILES string of the molecule is CCOC(=O)c1[nH]c2c(C(C)C)n(Cc3ccccc3)nc2c1-c1ccc(CS(C)=O)c(Cl)c1. The standard InChI is InChI=1S/C26H28ClN3O3S/c1-5-33-26(31)23-21(18-11-12-19(15-34(4)32)20(27)13-18)22-24(28-23)25(16(2)3)30(29-22)14-17-9-7-6-8-10-17/h6-13,16,28H,5,14-15H2,1-4H3. The van der Waals surface area contributed by atoms with Crippen LogP contribution >= 0.6 is 11.6 Å². The third kappa shape index (κ3) is 4.81. The number of ether oxygens (including phenoxy) is 1. The van der Waals surface area contributed by atoms with Crippen molar-refractivity contribution >= 4 is 39.4 Å². The predicted molar refractivity (Wildman–Crippen MR) is 138 cm³/mol. The van der Waals surface area contributed by atoms with Gasteiger partial charge in [0.25, 0.3) is 0 Å². The molecule has 0 bridgehead atoms. The van der Waals surface area contributed by atoms with Gasteiger partial charge in [0, 0.05) is 33.4 Å². The van der Waals surface area contributed by atoms with Gasteiger partial charge in [0.15, 0.2) is 0 Å². The maximum Gasteiger partial charge on any atom is 0.355 e. The van der Waals surface area contributed by atoms with Crippen LogP contribution < -0.4 is 0 Å². The first-order valence-electron chi connectivity index (χ1n) is 11.2. The Morgan fingerprint density at radius 1 is 1.21 bits per heavy atom. The molecule has 178 valence electrons. The molecular weight excluding hydrogens is 470 g/mol. The third-order valence-electron chi connectivity index (χ3n) is 5.63. The highest BCUT2D eigenvalue weighted by atomic mass is 35.5. The lowest BCUT2D eigenvalue weighted by Crippen LogP contribution is -2.10. The Kier molecular flexibility index (Phi) is 7.24. The Hall–Kier alpha value is -2.90. The summed E-state index contributed by atoms with van der Waals surface area (Å²) in [6.45, 7) is 6.88. The van der Waals surface area contributed by atoms with Gasteiger partial charge in [0.2, 0.25) is 0 Å². The predicted octanol–water partition coefficient (Wildman–Crippen LogP) is 5.91. The number of carbonyl (C=O) groups excluding carboxylic acids is 1. The molecule has 4 aromatic rings. The summed E-state index contributed by atoms with van der Waals surface area (Å²) in [5.41, 5.74) is 6.24. The molecule has 0 saturated carbocycles. The highest BCUT2D eigenvalue weighted by Gasteiger charge is 2.27. The Balaban J connectivity index is 1.92. The molecule has 1 N–H and O–H groups in total. The highest BCUT2D eigenvalue weighted by Crippen LogP contribution is 2.38. The van der Waals surface area contributed by atoms with E-state index < -0.39 is 16.8 Å². The van der Waals surface area contributed by atoms with Gasteiger partial charge in [-0.3, -0.25) is 8.89 Å². The maximum atomic E-state index is 12.9. The molecule has 0 fully saturated rings. The molecule has 0 radical (unpaired) electrons. The number of aromatic nitrogens is 3. The van der Waals surface area contributed by atoms with Gasteiger partial charge in [-0.25, -0.2) is 4.79 Å². The molecule has 4 rings (SSSR count). The number of halogens is 1. The van der Waals surface area contributed by atoms with E-state index in [1.165, 1.54) is 0 Å². The Morgan fingerprint density at radius 2 is 1.94 bits per heavy atom. The van der Waals surface area contributed by atoms with Gasteiger partial charge in [0.1, 0.15) is 11.2 Å². The van der Waals surface area contributed by atoms with E-state index in [9.17, 15) is 9.00 Å². The van der Waals surface area contributed by atoms with E-state index >= 15 is 0 Å². The van der Waals surface area contributed by atoms with E-state index in [1.807, 2.05) is 35.0 Å². The van der Waals surface area contributed by atoms with Crippen LogP contribution in [0.1, 0.15) is 54.0 Å². The molecule has 0 amide bonds. The number of fused-ring (bicyclic) bond motifs is 1. The number of aromatic amines is 1. The first-order valence-corrected chi connectivity index (χ1v) is 13.3. The first kappa shape index (κ1) is 24.2. The lowest BCUT2D eigenvalue weighted by molar-refractivity contribution is 0.0521. The Morgan fingerprint density at radius 3 is 2.56 bits per heavy atom. The van der Waals surface area contributed by atoms with E-state index in [-0.39, 0.29) is 12.5 Å². The summed E-state index contributed by atoms with van der Waals surface area (Å²) < 4.78 is 19.0. The highest BCUT2D eigenvalue weighted by molar-refractivity contribution is 7.83. The zero-order valence-corrected chi connectivity index (χ0v) is 21.3. The largest absolute Gasteiger partial charge is 0.461 e. The van der Waals surface area contributed by atoms with Crippen molar-refractivity contribution in [1.29, 1.82) is 0 Å². The van der Waals surface area contributed by atoms with Crippen LogP contribution in [0, 0.1) is 0 Å². The number of nitrogens with zero attached hydrogens (tertiary/aromatic N) is 2. The van der Waals surface area contributed by atoms with Gasteiger partial charge in [-0.05, 0) is 35.6 Å². The van der Waals surface area contributed by atoms with Crippen LogP contribution in [0.5, 0.6) is 0 Å². The van der Waals surface area contributed by atoms with Gasteiger partial charge >= 0.3 is 5.97 Å². The Bertz CT molecular complexity index is 1360. The van der Waals surface area contributed by atoms with Gasteiger partial charge in [-0.15, -0.1) is 0 Å². The number of benzene rings is 2. The van der Waals surface area contributed by atoms with Crippen molar-refractivity contribution in [2.24, 2.45) is 0 Å². The number of esters is 1. The number of carbonyl (C=O) groups is 1. The molecule has 2 aromatic heterocycles. The average molecular weight is 498 g/mol. The minimum atomic E-state index is -1.01. The zero-order chi connectivity index (χ0) is 24.4. The van der Waals surface area contributed by atoms with Crippen molar-refractivity contribution in [3.05, 3.63) is 76.1 Å². The van der Waals surface area contributed by atoms with Crippen molar-refractivity contribution < 1.29 is 13.7 Å². The summed E-state index contributed by atoms with van der Waals surface area (Å²) in [5, 5.41) is 5.46. The van der Waals surface area contributed by atoms with Crippen molar-refractivity contribution in [3.63, 3.8) is 0 Å². The molecule has 8 heteroatoms. The van der Waals surface area contributed by atoms with E-state index in [0.29, 0.717) is 34.1 Å². The fourth-order valence-corrected chi connectivity index (χ4v) is 5.24. The lowest BCUT2D eigenvalue weighted by atomic mass is 10.0. The number of hydrogen-bond donors (Lipinski definition) is 1. The van der Waals surface area contributed by atoms with Crippen LogP contribution in [0.2, 0.25) is 5.02 Å². The number of H-pyrrole nitrogens is 1. The smallest absolute Gasteiger partial charge is 0.355 e. The van der Waals surface area contributed by atoms with Crippen LogP contribution in [0.25, 0.3) is 22.2 Å². The topological polar surface area (TPSA) is 77.0 Å². The molecule has 6 nitrogen and oxygen atoms in total. The monoisotopic (exact) mass is 497 g/mol. The number of rotatable bonds is 8. The normalized spacial score (nSPS) is 12.4. The van der Waals surface area contributed by atoms with Gasteiger partial charge < -0.3 is 9.72 Å². The second kappa shape index (κ2) is 10.2. The van der Waals surface area contributed by atoms with Crippen molar-refractivity contribution in [2.45, 2.75) is 39.0 Å². The second-order valence-electron chi connectivity index (χ2n) is 8.53. The minimum Gasteiger partial charge on any atom is -0.461 e. The molecule has 0 aliphatic heterocycles. The van der Waals surface area contributed by atoms with E-state index in [4.69, 9.17) is 21.4 Å². The van der Waals surface area contributed by atoms with Crippen molar-refractivity contribution in [2.75, 3.05) is 12.9 Å². The van der Waals surface area contributed by atoms with E-state index in [0.717, 1.165) is 27.9 Å². The fraction of sp³-hybridized carbons (Fsp3) is 0.308. The third-order valence-corrected chi connectivity index (χ3v) is 6.70. The summed E-state index contributed by atoms with van der Waals surface area (Å²) in [5.74, 6) is 0.103. The van der Waals surface area contributed by atoms with Gasteiger partial charge in [-0.2, -0.15) is 5.10 Å². The fourth-order valence-electron chi connectivity index (χ4n) is 4.22. The number of hydrogen-bond acceptors (Lipinski definition) is 4. The zero-order valence-electron chi connectivity index (χ0n) is 19.7.